The first-order valence-corrected chi connectivity index (χ1v) is 5.91. The third kappa shape index (κ3) is 1.83. The van der Waals surface area contributed by atoms with E-state index in [1.807, 2.05) is 0 Å². The standard InChI is InChI=1S/C12H20O3/c1-9(2)11-10(4-6-13)3-5-12(11)14-7-8-15-12/h6,9-11H,3-5,7-8H2,1-2H3. The van der Waals surface area contributed by atoms with Crippen LogP contribution in [0, 0.1) is 17.8 Å². The molecule has 3 heteroatoms. The highest BCUT2D eigenvalue weighted by Crippen LogP contribution is 2.50. The van der Waals surface area contributed by atoms with Crippen molar-refractivity contribution in [3.8, 4) is 0 Å². The molecule has 1 saturated carbocycles. The van der Waals surface area contributed by atoms with Gasteiger partial charge in [0, 0.05) is 18.8 Å². The zero-order valence-corrected chi connectivity index (χ0v) is 9.57. The number of hydrogen-bond donors (Lipinski definition) is 0. The van der Waals surface area contributed by atoms with Gasteiger partial charge in [0.2, 0.25) is 0 Å². The van der Waals surface area contributed by atoms with E-state index in [1.54, 1.807) is 0 Å². The molecule has 2 unspecified atom stereocenters. The van der Waals surface area contributed by atoms with Gasteiger partial charge in [0.1, 0.15) is 6.29 Å². The molecule has 0 aromatic carbocycles. The Morgan fingerprint density at radius 3 is 2.60 bits per heavy atom. The summed E-state index contributed by atoms with van der Waals surface area (Å²) in [6.07, 6.45) is 3.70. The van der Waals surface area contributed by atoms with Gasteiger partial charge in [0.15, 0.2) is 5.79 Å². The van der Waals surface area contributed by atoms with Crippen molar-refractivity contribution in [1.29, 1.82) is 0 Å². The van der Waals surface area contributed by atoms with E-state index in [1.165, 1.54) is 0 Å². The van der Waals surface area contributed by atoms with Crippen LogP contribution in [0.5, 0.6) is 0 Å². The van der Waals surface area contributed by atoms with Crippen LogP contribution in [0.2, 0.25) is 0 Å². The van der Waals surface area contributed by atoms with Crippen LogP contribution >= 0.6 is 0 Å². The molecule has 3 nitrogen and oxygen atoms in total. The van der Waals surface area contributed by atoms with Crippen LogP contribution in [-0.2, 0) is 14.3 Å². The van der Waals surface area contributed by atoms with Crippen LogP contribution in [0.25, 0.3) is 0 Å². The van der Waals surface area contributed by atoms with Gasteiger partial charge in [-0.1, -0.05) is 13.8 Å². The minimum atomic E-state index is -0.359. The van der Waals surface area contributed by atoms with Crippen molar-refractivity contribution in [2.75, 3.05) is 13.2 Å². The van der Waals surface area contributed by atoms with Crippen molar-refractivity contribution in [3.05, 3.63) is 0 Å². The van der Waals surface area contributed by atoms with Crippen LogP contribution in [0.1, 0.15) is 33.1 Å². The molecule has 0 radical (unpaired) electrons. The van der Waals surface area contributed by atoms with Gasteiger partial charge in [0.05, 0.1) is 13.2 Å². The quantitative estimate of drug-likeness (QED) is 0.671. The molecule has 86 valence electrons. The van der Waals surface area contributed by atoms with Crippen molar-refractivity contribution in [2.45, 2.75) is 38.9 Å². The summed E-state index contributed by atoms with van der Waals surface area (Å²) < 4.78 is 11.6. The number of carbonyl (C=O) groups is 1. The zero-order chi connectivity index (χ0) is 10.9. The molecule has 0 amide bonds. The molecular weight excluding hydrogens is 192 g/mol. The Bertz CT molecular complexity index is 231. The number of carbonyl (C=O) groups excluding carboxylic acids is 1. The Morgan fingerprint density at radius 1 is 1.40 bits per heavy atom. The second-order valence-electron chi connectivity index (χ2n) is 4.98. The summed E-state index contributed by atoms with van der Waals surface area (Å²) in [6, 6.07) is 0. The van der Waals surface area contributed by atoms with Gasteiger partial charge in [-0.2, -0.15) is 0 Å². The number of aldehydes is 1. The normalized spacial score (nSPS) is 34.1. The Morgan fingerprint density at radius 2 is 2.07 bits per heavy atom. The zero-order valence-electron chi connectivity index (χ0n) is 9.57. The van der Waals surface area contributed by atoms with Gasteiger partial charge >= 0.3 is 0 Å². The maximum Gasteiger partial charge on any atom is 0.171 e. The number of hydrogen-bond acceptors (Lipinski definition) is 3. The van der Waals surface area contributed by atoms with E-state index in [-0.39, 0.29) is 5.79 Å². The first kappa shape index (κ1) is 11.1. The molecule has 0 N–H and O–H groups in total. The SMILES string of the molecule is CC(C)C1C(CC=O)CCC12OCCO2. The molecule has 2 fully saturated rings. The molecule has 2 rings (SSSR count). The van der Waals surface area contributed by atoms with Crippen LogP contribution in [-0.4, -0.2) is 25.3 Å². The molecule has 0 aromatic heterocycles. The number of ether oxygens (including phenoxy) is 2. The van der Waals surface area contributed by atoms with E-state index in [2.05, 4.69) is 13.8 Å². The van der Waals surface area contributed by atoms with Gasteiger partial charge in [-0.15, -0.1) is 0 Å². The molecule has 15 heavy (non-hydrogen) atoms. The van der Waals surface area contributed by atoms with E-state index < -0.39 is 0 Å². The molecular formula is C12H20O3. The average Bonchev–Trinajstić information content (AvgIpc) is 2.76. The van der Waals surface area contributed by atoms with Crippen LogP contribution in [0.15, 0.2) is 0 Å². The minimum Gasteiger partial charge on any atom is -0.347 e. The predicted molar refractivity (Wildman–Crippen MR) is 56.4 cm³/mol. The lowest BCUT2D eigenvalue weighted by molar-refractivity contribution is -0.195. The molecule has 1 saturated heterocycles. The molecule has 2 atom stereocenters. The fourth-order valence-corrected chi connectivity index (χ4v) is 3.34. The van der Waals surface area contributed by atoms with Gasteiger partial charge < -0.3 is 14.3 Å². The van der Waals surface area contributed by atoms with Crippen LogP contribution in [0.4, 0.5) is 0 Å². The summed E-state index contributed by atoms with van der Waals surface area (Å²) in [5.41, 5.74) is 0. The highest BCUT2D eigenvalue weighted by molar-refractivity contribution is 5.50. The third-order valence-electron chi connectivity index (χ3n) is 3.77. The molecule has 1 aliphatic carbocycles. The minimum absolute atomic E-state index is 0.359. The van der Waals surface area contributed by atoms with Crippen molar-refractivity contribution < 1.29 is 14.3 Å². The van der Waals surface area contributed by atoms with Gasteiger partial charge in [-0.25, -0.2) is 0 Å². The lowest BCUT2D eigenvalue weighted by Crippen LogP contribution is -2.39. The molecule has 1 heterocycles. The topological polar surface area (TPSA) is 35.5 Å². The molecule has 0 aromatic rings. The molecule has 1 aliphatic heterocycles. The summed E-state index contributed by atoms with van der Waals surface area (Å²) in [7, 11) is 0. The lowest BCUT2D eigenvalue weighted by atomic mass is 9.82. The number of rotatable bonds is 3. The summed E-state index contributed by atoms with van der Waals surface area (Å²) in [4.78, 5) is 10.7. The molecule has 2 aliphatic rings. The van der Waals surface area contributed by atoms with Gasteiger partial charge in [-0.05, 0) is 18.3 Å². The molecule has 1 spiro atoms. The summed E-state index contributed by atoms with van der Waals surface area (Å²) in [6.45, 7) is 5.80. The monoisotopic (exact) mass is 212 g/mol. The highest BCUT2D eigenvalue weighted by atomic mass is 16.7. The lowest BCUT2D eigenvalue weighted by Gasteiger charge is -2.34. The third-order valence-corrected chi connectivity index (χ3v) is 3.77. The first-order valence-electron chi connectivity index (χ1n) is 5.91. The highest BCUT2D eigenvalue weighted by Gasteiger charge is 2.53. The van der Waals surface area contributed by atoms with E-state index in [0.717, 1.165) is 19.1 Å². The Kier molecular flexibility index (Phi) is 3.12. The second kappa shape index (κ2) is 4.22. The van der Waals surface area contributed by atoms with Crippen molar-refractivity contribution in [1.82, 2.24) is 0 Å². The largest absolute Gasteiger partial charge is 0.347 e. The summed E-state index contributed by atoms with van der Waals surface area (Å²) in [5, 5.41) is 0. The first-order chi connectivity index (χ1) is 7.19. The Labute approximate surface area is 91.1 Å². The Balaban J connectivity index is 2.16. The summed E-state index contributed by atoms with van der Waals surface area (Å²) >= 11 is 0. The van der Waals surface area contributed by atoms with E-state index in [9.17, 15) is 4.79 Å². The molecule has 0 bridgehead atoms. The summed E-state index contributed by atoms with van der Waals surface area (Å²) in [5.74, 6) is 0.975. The second-order valence-corrected chi connectivity index (χ2v) is 4.98. The smallest absolute Gasteiger partial charge is 0.171 e. The van der Waals surface area contributed by atoms with Crippen LogP contribution < -0.4 is 0 Å². The van der Waals surface area contributed by atoms with Gasteiger partial charge in [-0.3, -0.25) is 0 Å². The maximum atomic E-state index is 10.7. The van der Waals surface area contributed by atoms with Crippen molar-refractivity contribution in [3.63, 3.8) is 0 Å². The van der Waals surface area contributed by atoms with Crippen molar-refractivity contribution >= 4 is 6.29 Å². The van der Waals surface area contributed by atoms with E-state index in [4.69, 9.17) is 9.47 Å². The average molecular weight is 212 g/mol. The fourth-order valence-electron chi connectivity index (χ4n) is 3.34. The van der Waals surface area contributed by atoms with E-state index in [0.29, 0.717) is 37.4 Å². The fraction of sp³-hybridized carbons (Fsp3) is 0.917. The van der Waals surface area contributed by atoms with Gasteiger partial charge in [0.25, 0.3) is 0 Å². The van der Waals surface area contributed by atoms with Crippen molar-refractivity contribution in [2.24, 2.45) is 17.8 Å². The Hall–Kier alpha value is -0.410. The predicted octanol–water partition coefficient (Wildman–Crippen LogP) is 2.00. The van der Waals surface area contributed by atoms with Crippen LogP contribution in [0.3, 0.4) is 0 Å². The van der Waals surface area contributed by atoms with E-state index >= 15 is 0 Å². The maximum absolute atomic E-state index is 10.7.